The Kier molecular flexibility index (Phi) is 13.6. The number of likely N-dealkylation sites (N-methyl/N-ethyl adjacent to an activating group) is 2. The van der Waals surface area contributed by atoms with E-state index < -0.39 is 34.2 Å². The SMILES string of the molecule is CCN(C)C1Cc2ccc(O)c3c2[C@@]2(C)[C@@H](O3)[C@@H](NC(=O)COCCOCCOCc3cn(CCOCCOCC(=O)N[C@@H]4CC[C@@]5(O)C6Cc7ccc(O)c8c7[C@@]5(CCN6C)[C@H]4O8)nn3)CC[C@@]12O. The Hall–Kier alpha value is -4.64. The molecule has 2 unspecified atom stereocenters. The fourth-order valence-corrected chi connectivity index (χ4v) is 13.5. The molecule has 7 aliphatic rings. The highest BCUT2D eigenvalue weighted by Gasteiger charge is 2.73. The fraction of sp³-hybridized carbons (Fsp3) is 0.680. The van der Waals surface area contributed by atoms with E-state index in [4.69, 9.17) is 33.2 Å². The highest BCUT2D eigenvalue weighted by atomic mass is 16.5. The van der Waals surface area contributed by atoms with Crippen molar-refractivity contribution in [3.63, 3.8) is 0 Å². The molecule has 10 rings (SSSR count). The van der Waals surface area contributed by atoms with Crippen LogP contribution >= 0.6 is 0 Å². The smallest absolute Gasteiger partial charge is 0.246 e. The second-order valence-electron chi connectivity index (χ2n) is 20.5. The van der Waals surface area contributed by atoms with Crippen molar-refractivity contribution < 1.29 is 63.2 Å². The number of benzene rings is 2. The average Bonchev–Trinajstić information content (AvgIpc) is 4.05. The number of phenolic OH excluding ortho intramolecular Hbond substituents is 2. The predicted molar refractivity (Wildman–Crippen MR) is 250 cm³/mol. The third-order valence-electron chi connectivity index (χ3n) is 17.0. The van der Waals surface area contributed by atoms with Gasteiger partial charge in [0.25, 0.3) is 0 Å². The number of carbonyl (C=O) groups is 2. The second-order valence-corrected chi connectivity index (χ2v) is 20.5. The largest absolute Gasteiger partial charge is 0.504 e. The average molecular weight is 976 g/mol. The van der Waals surface area contributed by atoms with Crippen molar-refractivity contribution in [3.8, 4) is 23.0 Å². The minimum atomic E-state index is -1.11. The number of ether oxygens (including phenoxy) is 7. The molecule has 3 aromatic rings. The molecule has 3 fully saturated rings. The number of nitrogens with one attached hydrogen (secondary N) is 2. The van der Waals surface area contributed by atoms with Crippen LogP contribution in [0, 0.1) is 0 Å². The first kappa shape index (κ1) is 49.0. The van der Waals surface area contributed by atoms with E-state index in [2.05, 4.69) is 44.7 Å². The molecule has 0 radical (unpaired) electrons. The Morgan fingerprint density at radius 3 is 2.06 bits per heavy atom. The number of amides is 2. The molecule has 1 spiro atoms. The van der Waals surface area contributed by atoms with Crippen LogP contribution in [0.25, 0.3) is 0 Å². The van der Waals surface area contributed by atoms with Crippen LogP contribution in [0.15, 0.2) is 30.5 Å². The molecule has 2 bridgehead atoms. The van der Waals surface area contributed by atoms with Crippen LogP contribution in [0.3, 0.4) is 0 Å². The molecule has 20 nitrogen and oxygen atoms in total. The van der Waals surface area contributed by atoms with Crippen LogP contribution in [0.4, 0.5) is 0 Å². The molecule has 1 aromatic heterocycles. The van der Waals surface area contributed by atoms with Gasteiger partial charge in [0, 0.05) is 23.2 Å². The third kappa shape index (κ3) is 8.10. The van der Waals surface area contributed by atoms with E-state index in [0.29, 0.717) is 88.5 Å². The maximum Gasteiger partial charge on any atom is 0.246 e. The highest BCUT2D eigenvalue weighted by molar-refractivity contribution is 5.78. The van der Waals surface area contributed by atoms with Crippen LogP contribution < -0.4 is 20.1 Å². The predicted octanol–water partition coefficient (Wildman–Crippen LogP) is 0.846. The molecule has 70 heavy (non-hydrogen) atoms. The van der Waals surface area contributed by atoms with E-state index in [-0.39, 0.29) is 93.7 Å². The monoisotopic (exact) mass is 975 g/mol. The maximum atomic E-state index is 13.1. The van der Waals surface area contributed by atoms with Crippen molar-refractivity contribution in [1.82, 2.24) is 35.4 Å². The fourth-order valence-electron chi connectivity index (χ4n) is 13.5. The standard InChI is InChI=1S/C50H69N7O13/c1-5-55(3)37-24-30-6-8-35(58)43-41(30)47(2)45(69-43)33(10-12-49(37,47)62)51-39(60)28-68-23-20-65-19-21-66-27-32-26-57(54-53-32)16-17-64-18-22-67-29-40(61)52-34-11-13-50(63)38-25-31-7-9-36(59)44-42(31)48(50,46(34)70-44)14-15-56(38)4/h6-9,26,33-34,37-38,45-46,58-59,62-63H,5,10-25,27-29H2,1-4H3,(H,51,60)(H,52,61)/t33-,34+,37?,38?,45-,46-,47-,48-,49+,50+/m0/s1. The summed E-state index contributed by atoms with van der Waals surface area (Å²) in [5, 5.41) is 60.8. The van der Waals surface area contributed by atoms with Gasteiger partial charge in [-0.05, 0) is 102 Å². The molecule has 10 atom stereocenters. The van der Waals surface area contributed by atoms with Crippen LogP contribution in [0.1, 0.15) is 73.9 Å². The number of hydrogen-bond donors (Lipinski definition) is 6. The molecule has 382 valence electrons. The van der Waals surface area contributed by atoms with Gasteiger partial charge in [-0.1, -0.05) is 24.3 Å². The number of rotatable bonds is 22. The molecule has 4 aliphatic carbocycles. The summed E-state index contributed by atoms with van der Waals surface area (Å²) in [6, 6.07) is 6.27. The Balaban J connectivity index is 0.571. The van der Waals surface area contributed by atoms with E-state index >= 15 is 0 Å². The number of hydrogen-bond acceptors (Lipinski definition) is 17. The van der Waals surface area contributed by atoms with Crippen molar-refractivity contribution >= 4 is 11.8 Å². The van der Waals surface area contributed by atoms with Gasteiger partial charge in [0.15, 0.2) is 23.0 Å². The van der Waals surface area contributed by atoms with Gasteiger partial charge in [0.2, 0.25) is 11.8 Å². The van der Waals surface area contributed by atoms with Crippen molar-refractivity contribution in [2.24, 2.45) is 0 Å². The van der Waals surface area contributed by atoms with Gasteiger partial charge in [0.1, 0.15) is 31.1 Å². The molecule has 20 heteroatoms. The molecule has 4 heterocycles. The van der Waals surface area contributed by atoms with E-state index in [1.54, 1.807) is 23.0 Å². The topological polar surface area (TPSA) is 241 Å². The zero-order valence-corrected chi connectivity index (χ0v) is 40.7. The molecule has 2 amide bonds. The lowest BCUT2D eigenvalue weighted by Crippen LogP contribution is -2.77. The van der Waals surface area contributed by atoms with Crippen LogP contribution in [-0.2, 0) is 70.1 Å². The van der Waals surface area contributed by atoms with Crippen LogP contribution in [-0.4, -0.2) is 191 Å². The number of nitrogens with zero attached hydrogens (tertiary/aromatic N) is 5. The molecular formula is C50H69N7O13. The van der Waals surface area contributed by atoms with Crippen molar-refractivity contribution in [2.75, 3.05) is 86.6 Å². The molecule has 6 N–H and O–H groups in total. The highest BCUT2D eigenvalue weighted by Crippen LogP contribution is 2.66. The minimum Gasteiger partial charge on any atom is -0.504 e. The summed E-state index contributed by atoms with van der Waals surface area (Å²) in [5.41, 5.74) is 0.906. The second kappa shape index (κ2) is 19.4. The van der Waals surface area contributed by atoms with Crippen molar-refractivity contribution in [2.45, 2.75) is 130 Å². The summed E-state index contributed by atoms with van der Waals surface area (Å²) in [4.78, 5) is 30.6. The van der Waals surface area contributed by atoms with E-state index in [9.17, 15) is 30.0 Å². The number of carbonyl (C=O) groups excluding carboxylic acids is 2. The third-order valence-corrected chi connectivity index (χ3v) is 17.0. The lowest BCUT2D eigenvalue weighted by molar-refractivity contribution is -0.187. The maximum absolute atomic E-state index is 13.1. The summed E-state index contributed by atoms with van der Waals surface area (Å²) in [6.45, 7) is 8.10. The summed E-state index contributed by atoms with van der Waals surface area (Å²) >= 11 is 0. The minimum absolute atomic E-state index is 0.0415. The Bertz CT molecular complexity index is 2420. The zero-order valence-electron chi connectivity index (χ0n) is 40.7. The molecule has 1 saturated heterocycles. The van der Waals surface area contributed by atoms with E-state index in [1.807, 2.05) is 26.1 Å². The number of aromatic nitrogens is 3. The van der Waals surface area contributed by atoms with Gasteiger partial charge in [-0.25, -0.2) is 4.68 Å². The summed E-state index contributed by atoms with van der Waals surface area (Å²) in [7, 11) is 4.08. The Labute approximate surface area is 407 Å². The van der Waals surface area contributed by atoms with Gasteiger partial charge < -0.3 is 74.0 Å². The lowest BCUT2D eigenvalue weighted by Gasteiger charge is -2.63. The first-order chi connectivity index (χ1) is 33.7. The van der Waals surface area contributed by atoms with Gasteiger partial charge in [-0.3, -0.25) is 9.59 Å². The first-order valence-corrected chi connectivity index (χ1v) is 25.0. The summed E-state index contributed by atoms with van der Waals surface area (Å²) in [6.07, 6.45) is 4.81. The number of piperidine rings is 1. The quantitative estimate of drug-likeness (QED) is 0.0765. The number of likely N-dealkylation sites (tertiary alicyclic amines) is 1. The van der Waals surface area contributed by atoms with Crippen molar-refractivity contribution in [3.05, 3.63) is 58.4 Å². The molecule has 2 aromatic carbocycles. The summed E-state index contributed by atoms with van der Waals surface area (Å²) < 4.78 is 42.9. The molecule has 3 aliphatic heterocycles. The Morgan fingerprint density at radius 2 is 1.37 bits per heavy atom. The zero-order chi connectivity index (χ0) is 49.0. The molecule has 2 saturated carbocycles. The number of aromatic hydroxyl groups is 2. The molecular weight excluding hydrogens is 907 g/mol. The van der Waals surface area contributed by atoms with Gasteiger partial charge in [-0.2, -0.15) is 0 Å². The van der Waals surface area contributed by atoms with Gasteiger partial charge in [-0.15, -0.1) is 5.10 Å². The van der Waals surface area contributed by atoms with Gasteiger partial charge in [0.05, 0.1) is 99.7 Å². The van der Waals surface area contributed by atoms with Gasteiger partial charge >= 0.3 is 0 Å². The van der Waals surface area contributed by atoms with E-state index in [0.717, 1.165) is 35.3 Å². The first-order valence-electron chi connectivity index (χ1n) is 25.0. The van der Waals surface area contributed by atoms with E-state index in [1.165, 1.54) is 0 Å². The normalized spacial score (nSPS) is 32.0. The summed E-state index contributed by atoms with van der Waals surface area (Å²) in [5.74, 6) is 0.400. The lowest BCUT2D eigenvalue weighted by atomic mass is 9.48. The number of aliphatic hydroxyl groups is 2. The van der Waals surface area contributed by atoms with Crippen LogP contribution in [0.5, 0.6) is 23.0 Å². The van der Waals surface area contributed by atoms with Crippen LogP contribution in [0.2, 0.25) is 0 Å². The number of phenols is 2. The Morgan fingerprint density at radius 1 is 0.786 bits per heavy atom. The van der Waals surface area contributed by atoms with Crippen molar-refractivity contribution in [1.29, 1.82) is 0 Å².